The lowest BCUT2D eigenvalue weighted by Crippen LogP contribution is -2.26. The van der Waals surface area contributed by atoms with E-state index in [4.69, 9.17) is 10.5 Å². The Bertz CT molecular complexity index is 362. The van der Waals surface area contributed by atoms with Gasteiger partial charge in [-0.05, 0) is 13.3 Å². The summed E-state index contributed by atoms with van der Waals surface area (Å²) in [5, 5.41) is 6.85. The van der Waals surface area contributed by atoms with Crippen molar-refractivity contribution in [1.29, 1.82) is 0 Å². The second-order valence-electron chi connectivity index (χ2n) is 3.78. The van der Waals surface area contributed by atoms with Crippen molar-refractivity contribution >= 4 is 5.91 Å². The van der Waals surface area contributed by atoms with Crippen LogP contribution < -0.4 is 11.1 Å². The van der Waals surface area contributed by atoms with Crippen LogP contribution in [0.5, 0.6) is 0 Å². The van der Waals surface area contributed by atoms with Crippen molar-refractivity contribution in [2.45, 2.75) is 13.3 Å². The summed E-state index contributed by atoms with van der Waals surface area (Å²) in [7, 11) is 1.81. The Morgan fingerprint density at radius 3 is 2.94 bits per heavy atom. The van der Waals surface area contributed by atoms with E-state index in [-0.39, 0.29) is 5.91 Å². The van der Waals surface area contributed by atoms with Crippen LogP contribution in [0.4, 0.5) is 0 Å². The van der Waals surface area contributed by atoms with Crippen LogP contribution in [0.15, 0.2) is 6.20 Å². The number of nitrogens with two attached hydrogens (primary N) is 1. The van der Waals surface area contributed by atoms with Crippen LogP contribution in [0.3, 0.4) is 0 Å². The van der Waals surface area contributed by atoms with Gasteiger partial charge in [0.25, 0.3) is 5.91 Å². The first-order valence-corrected chi connectivity index (χ1v) is 5.71. The van der Waals surface area contributed by atoms with Gasteiger partial charge in [0.05, 0.1) is 18.4 Å². The van der Waals surface area contributed by atoms with Gasteiger partial charge in [0.1, 0.15) is 0 Å². The minimum atomic E-state index is -0.0885. The zero-order chi connectivity index (χ0) is 12.7. The molecule has 0 aliphatic carbocycles. The summed E-state index contributed by atoms with van der Waals surface area (Å²) in [6.07, 6.45) is 2.36. The summed E-state index contributed by atoms with van der Waals surface area (Å²) in [5.41, 5.74) is 6.77. The molecule has 0 atom stereocenters. The Hall–Kier alpha value is -1.40. The molecule has 17 heavy (non-hydrogen) atoms. The number of nitrogens with one attached hydrogen (secondary N) is 1. The Labute approximate surface area is 101 Å². The first-order valence-electron chi connectivity index (χ1n) is 5.71. The lowest BCUT2D eigenvalue weighted by Gasteiger charge is -2.05. The highest BCUT2D eigenvalue weighted by atomic mass is 16.5. The van der Waals surface area contributed by atoms with Crippen LogP contribution in [-0.2, 0) is 11.8 Å². The van der Waals surface area contributed by atoms with Gasteiger partial charge in [-0.15, -0.1) is 0 Å². The summed E-state index contributed by atoms with van der Waals surface area (Å²) in [6.45, 7) is 4.17. The molecule has 0 saturated carbocycles. The quantitative estimate of drug-likeness (QED) is 0.648. The smallest absolute Gasteiger partial charge is 0.254 e. The maximum Gasteiger partial charge on any atom is 0.254 e. The van der Waals surface area contributed by atoms with Gasteiger partial charge in [-0.3, -0.25) is 9.48 Å². The van der Waals surface area contributed by atoms with Crippen molar-refractivity contribution in [1.82, 2.24) is 15.1 Å². The molecule has 0 aliphatic heterocycles. The highest BCUT2D eigenvalue weighted by molar-refractivity contribution is 5.94. The third-order valence-corrected chi connectivity index (χ3v) is 2.49. The van der Waals surface area contributed by atoms with E-state index >= 15 is 0 Å². The summed E-state index contributed by atoms with van der Waals surface area (Å²) in [6, 6.07) is 0. The van der Waals surface area contributed by atoms with Gasteiger partial charge in [-0.25, -0.2) is 0 Å². The number of hydrogen-bond donors (Lipinski definition) is 2. The molecule has 1 rings (SSSR count). The molecule has 0 aromatic carbocycles. The summed E-state index contributed by atoms with van der Waals surface area (Å²) in [4.78, 5) is 11.7. The predicted molar refractivity (Wildman–Crippen MR) is 64.8 cm³/mol. The van der Waals surface area contributed by atoms with Crippen LogP contribution in [0.2, 0.25) is 0 Å². The molecule has 0 radical (unpaired) electrons. The van der Waals surface area contributed by atoms with Gasteiger partial charge < -0.3 is 15.8 Å². The number of nitrogens with zero attached hydrogens (tertiary/aromatic N) is 2. The minimum absolute atomic E-state index is 0.0885. The van der Waals surface area contributed by atoms with Gasteiger partial charge in [0.2, 0.25) is 0 Å². The van der Waals surface area contributed by atoms with Gasteiger partial charge in [0, 0.05) is 32.4 Å². The van der Waals surface area contributed by atoms with E-state index in [9.17, 15) is 4.79 Å². The molecule has 1 aromatic rings. The normalized spacial score (nSPS) is 10.5. The molecule has 1 heterocycles. The van der Waals surface area contributed by atoms with Gasteiger partial charge >= 0.3 is 0 Å². The molecule has 0 aliphatic rings. The van der Waals surface area contributed by atoms with E-state index in [0.29, 0.717) is 31.9 Å². The van der Waals surface area contributed by atoms with E-state index < -0.39 is 0 Å². The average Bonchev–Trinajstić information content (AvgIpc) is 2.64. The number of aromatic nitrogens is 2. The molecule has 96 valence electrons. The molecule has 3 N–H and O–H groups in total. The summed E-state index contributed by atoms with van der Waals surface area (Å²) >= 11 is 0. The minimum Gasteiger partial charge on any atom is -0.380 e. The van der Waals surface area contributed by atoms with Crippen LogP contribution in [0.1, 0.15) is 22.5 Å². The number of rotatable bonds is 7. The topological polar surface area (TPSA) is 82.2 Å². The monoisotopic (exact) mass is 240 g/mol. The highest BCUT2D eigenvalue weighted by Crippen LogP contribution is 2.04. The molecule has 0 bridgehead atoms. The lowest BCUT2D eigenvalue weighted by molar-refractivity contribution is 0.0942. The van der Waals surface area contributed by atoms with E-state index in [2.05, 4.69) is 10.4 Å². The molecule has 1 aromatic heterocycles. The molecule has 6 nitrogen and oxygen atoms in total. The Kier molecular flexibility index (Phi) is 5.65. The Morgan fingerprint density at radius 1 is 1.59 bits per heavy atom. The van der Waals surface area contributed by atoms with Crippen molar-refractivity contribution < 1.29 is 9.53 Å². The van der Waals surface area contributed by atoms with Crippen LogP contribution in [-0.4, -0.2) is 42.0 Å². The first kappa shape index (κ1) is 13.7. The standard InChI is InChI=1S/C11H20N4O2/c1-9-10(8-14-15(9)2)11(16)13-5-3-6-17-7-4-12/h8H,3-7,12H2,1-2H3,(H,13,16). The average molecular weight is 240 g/mol. The number of carbonyl (C=O) groups excluding carboxylic acids is 1. The second kappa shape index (κ2) is 7.03. The predicted octanol–water partition coefficient (Wildman–Crippen LogP) is -0.176. The first-order chi connectivity index (χ1) is 8.16. The van der Waals surface area contributed by atoms with Crippen molar-refractivity contribution in [2.24, 2.45) is 12.8 Å². The van der Waals surface area contributed by atoms with Crippen LogP contribution in [0.25, 0.3) is 0 Å². The molecule has 6 heteroatoms. The van der Waals surface area contributed by atoms with E-state index in [1.165, 1.54) is 0 Å². The molecule has 0 spiro atoms. The molecule has 0 saturated heterocycles. The Morgan fingerprint density at radius 2 is 2.35 bits per heavy atom. The summed E-state index contributed by atoms with van der Waals surface area (Å²) in [5.74, 6) is -0.0885. The lowest BCUT2D eigenvalue weighted by atomic mass is 10.2. The zero-order valence-electron chi connectivity index (χ0n) is 10.4. The van der Waals surface area contributed by atoms with Crippen LogP contribution >= 0.6 is 0 Å². The summed E-state index contributed by atoms with van der Waals surface area (Å²) < 4.78 is 6.89. The van der Waals surface area contributed by atoms with Gasteiger partial charge in [-0.2, -0.15) is 5.10 Å². The SMILES string of the molecule is Cc1c(C(=O)NCCCOCCN)cnn1C. The number of ether oxygens (including phenoxy) is 1. The number of hydrogen-bond acceptors (Lipinski definition) is 4. The fourth-order valence-corrected chi connectivity index (χ4v) is 1.38. The number of carbonyl (C=O) groups is 1. The van der Waals surface area contributed by atoms with E-state index in [0.717, 1.165) is 12.1 Å². The van der Waals surface area contributed by atoms with Gasteiger partial charge in [-0.1, -0.05) is 0 Å². The fraction of sp³-hybridized carbons (Fsp3) is 0.636. The fourth-order valence-electron chi connectivity index (χ4n) is 1.38. The van der Waals surface area contributed by atoms with Crippen LogP contribution in [0, 0.1) is 6.92 Å². The number of amides is 1. The van der Waals surface area contributed by atoms with Gasteiger partial charge in [0.15, 0.2) is 0 Å². The molecule has 0 fully saturated rings. The zero-order valence-corrected chi connectivity index (χ0v) is 10.4. The molecular weight excluding hydrogens is 220 g/mol. The van der Waals surface area contributed by atoms with Crippen molar-refractivity contribution in [3.8, 4) is 0 Å². The van der Waals surface area contributed by atoms with Crippen molar-refractivity contribution in [3.63, 3.8) is 0 Å². The number of aryl methyl sites for hydroxylation is 1. The highest BCUT2D eigenvalue weighted by Gasteiger charge is 2.11. The third kappa shape index (κ3) is 4.16. The molecule has 0 unspecified atom stereocenters. The molecular formula is C11H20N4O2. The maximum absolute atomic E-state index is 11.7. The van der Waals surface area contributed by atoms with Crippen molar-refractivity contribution in [2.75, 3.05) is 26.3 Å². The largest absolute Gasteiger partial charge is 0.380 e. The second-order valence-corrected chi connectivity index (χ2v) is 3.78. The maximum atomic E-state index is 11.7. The third-order valence-electron chi connectivity index (χ3n) is 2.49. The van der Waals surface area contributed by atoms with E-state index in [1.807, 2.05) is 14.0 Å². The molecule has 1 amide bonds. The van der Waals surface area contributed by atoms with Crippen molar-refractivity contribution in [3.05, 3.63) is 17.5 Å². The Balaban J connectivity index is 2.24. The van der Waals surface area contributed by atoms with E-state index in [1.54, 1.807) is 10.9 Å².